The number of likely N-dealkylation sites (N-methyl/N-ethyl adjacent to an activating group) is 1. The number of nitrogens with zero attached hydrogens (tertiary/aromatic N) is 7. The summed E-state index contributed by atoms with van der Waals surface area (Å²) in [6.45, 7) is 9.53. The van der Waals surface area contributed by atoms with E-state index in [1.165, 1.54) is 24.1 Å². The van der Waals surface area contributed by atoms with Crippen LogP contribution >= 0.6 is 11.6 Å². The number of nitrogens with one attached hydrogen (secondary N) is 3. The zero-order chi connectivity index (χ0) is 44.2. The lowest BCUT2D eigenvalue weighted by atomic mass is 9.65. The highest BCUT2D eigenvalue weighted by molar-refractivity contribution is 6.33. The van der Waals surface area contributed by atoms with Crippen LogP contribution in [0.1, 0.15) is 74.3 Å². The van der Waals surface area contributed by atoms with Crippen LogP contribution in [0.2, 0.25) is 5.02 Å². The summed E-state index contributed by atoms with van der Waals surface area (Å²) in [5.41, 5.74) is 2.80. The number of benzene rings is 2. The zero-order valence-corrected chi connectivity index (χ0v) is 36.5. The van der Waals surface area contributed by atoms with E-state index >= 15 is 4.39 Å². The summed E-state index contributed by atoms with van der Waals surface area (Å²) in [6, 6.07) is 9.28. The number of fused-ring (bicyclic) bond motifs is 2. The fourth-order valence-corrected chi connectivity index (χ4v) is 10.2. The highest BCUT2D eigenvalue weighted by Crippen LogP contribution is 2.49. The Hall–Kier alpha value is -5.81. The molecule has 1 aliphatic carbocycles. The molecule has 0 bridgehead atoms. The Morgan fingerprint density at radius 3 is 2.49 bits per heavy atom. The molecule has 2 aromatic heterocycles. The summed E-state index contributed by atoms with van der Waals surface area (Å²) in [7, 11) is 1.51. The topological polar surface area (TPSA) is 174 Å². The summed E-state index contributed by atoms with van der Waals surface area (Å²) in [6.07, 6.45) is 6.40. The number of imide groups is 1. The Bertz CT molecular complexity index is 2550. The Morgan fingerprint density at radius 2 is 1.78 bits per heavy atom. The van der Waals surface area contributed by atoms with Crippen LogP contribution in [0, 0.1) is 17.2 Å². The van der Waals surface area contributed by atoms with E-state index in [9.17, 15) is 24.0 Å². The van der Waals surface area contributed by atoms with Gasteiger partial charge in [0.05, 0.1) is 17.4 Å². The minimum absolute atomic E-state index is 0.0873. The highest BCUT2D eigenvalue weighted by Gasteiger charge is 2.48. The molecule has 3 N–H and O–H groups in total. The highest BCUT2D eigenvalue weighted by atomic mass is 35.5. The predicted octanol–water partition coefficient (Wildman–Crippen LogP) is 4.61. The van der Waals surface area contributed by atoms with Gasteiger partial charge < -0.3 is 34.6 Å². The molecule has 2 aromatic carbocycles. The SMILES string of the molecule is CNC(=O)COc1cc2cc(Nc3nc(N4CCN(CC5CCC6(CC5)CN(c5c(F)ccc7c5CN(C5CCC(=O)NC5=O)C7=O)C6)CC4)ncc3Cl)ccc2n(C(C)C)c1=O. The second-order valence-electron chi connectivity index (χ2n) is 17.9. The lowest BCUT2D eigenvalue weighted by Crippen LogP contribution is -2.58. The second-order valence-corrected chi connectivity index (χ2v) is 18.3. The van der Waals surface area contributed by atoms with Crippen molar-refractivity contribution in [2.24, 2.45) is 11.3 Å². The Labute approximate surface area is 369 Å². The van der Waals surface area contributed by atoms with Gasteiger partial charge in [-0.1, -0.05) is 11.6 Å². The first-order valence-corrected chi connectivity index (χ1v) is 22.2. The van der Waals surface area contributed by atoms with E-state index in [0.29, 0.717) is 45.2 Å². The van der Waals surface area contributed by atoms with Crippen molar-refractivity contribution in [3.05, 3.63) is 74.9 Å². The number of halogens is 2. The molecule has 1 saturated carbocycles. The van der Waals surface area contributed by atoms with E-state index in [1.807, 2.05) is 32.0 Å². The quantitative estimate of drug-likeness (QED) is 0.179. The van der Waals surface area contributed by atoms with Crippen molar-refractivity contribution >= 4 is 69.3 Å². The van der Waals surface area contributed by atoms with E-state index in [4.69, 9.17) is 21.3 Å². The number of hydrogen-bond acceptors (Lipinski definition) is 12. The van der Waals surface area contributed by atoms with E-state index in [2.05, 4.69) is 35.6 Å². The van der Waals surface area contributed by atoms with Gasteiger partial charge in [-0.15, -0.1) is 0 Å². The number of amides is 4. The predicted molar refractivity (Wildman–Crippen MR) is 236 cm³/mol. The van der Waals surface area contributed by atoms with Crippen molar-refractivity contribution in [1.82, 2.24) is 35.0 Å². The molecular formula is C45H52ClFN10O6. The van der Waals surface area contributed by atoms with Crippen LogP contribution in [0.4, 0.5) is 27.5 Å². The Balaban J connectivity index is 0.778. The number of pyridine rings is 1. The van der Waals surface area contributed by atoms with Crippen molar-refractivity contribution in [1.29, 1.82) is 0 Å². The largest absolute Gasteiger partial charge is 0.478 e. The van der Waals surface area contributed by atoms with Crippen LogP contribution < -0.4 is 36.0 Å². The van der Waals surface area contributed by atoms with Crippen molar-refractivity contribution in [2.45, 2.75) is 71.0 Å². The molecule has 4 aromatic rings. The monoisotopic (exact) mass is 882 g/mol. The molecule has 1 atom stereocenters. The summed E-state index contributed by atoms with van der Waals surface area (Å²) >= 11 is 6.61. The van der Waals surface area contributed by atoms with E-state index in [0.717, 1.165) is 82.4 Å². The number of rotatable bonds is 11. The molecule has 0 radical (unpaired) electrons. The summed E-state index contributed by atoms with van der Waals surface area (Å²) < 4.78 is 22.7. The third-order valence-corrected chi connectivity index (χ3v) is 13.8. The lowest BCUT2D eigenvalue weighted by molar-refractivity contribution is -0.137. The average Bonchev–Trinajstić information content (AvgIpc) is 3.58. The number of aromatic nitrogens is 3. The second kappa shape index (κ2) is 17.1. The molecule has 1 unspecified atom stereocenters. The van der Waals surface area contributed by atoms with Gasteiger partial charge in [-0.25, -0.2) is 9.37 Å². The van der Waals surface area contributed by atoms with Crippen molar-refractivity contribution in [3.63, 3.8) is 0 Å². The third kappa shape index (κ3) is 8.28. The number of ether oxygens (including phenoxy) is 1. The molecular weight excluding hydrogens is 831 g/mol. The molecule has 9 rings (SSSR count). The van der Waals surface area contributed by atoms with Gasteiger partial charge in [0, 0.05) is 99.5 Å². The maximum atomic E-state index is 15.5. The van der Waals surface area contributed by atoms with Crippen LogP contribution in [0.3, 0.4) is 0 Å². The van der Waals surface area contributed by atoms with Gasteiger partial charge in [-0.05, 0) is 88.3 Å². The van der Waals surface area contributed by atoms with Gasteiger partial charge in [0.1, 0.15) is 16.9 Å². The van der Waals surface area contributed by atoms with E-state index in [-0.39, 0.29) is 72.3 Å². The Morgan fingerprint density at radius 1 is 1.02 bits per heavy atom. The van der Waals surface area contributed by atoms with Gasteiger partial charge in [-0.2, -0.15) is 4.98 Å². The number of anilines is 4. The summed E-state index contributed by atoms with van der Waals surface area (Å²) in [4.78, 5) is 80.4. The van der Waals surface area contributed by atoms with E-state index < -0.39 is 11.9 Å². The standard InChI is InChI=1S/C45H52ClFN10O6/c1-26(2)57-34-7-4-29(18-28(34)19-36(43(57)62)63-23-38(59)48-3)50-40-32(46)20-49-44(52-40)54-16-14-53(15-17-54)21-27-10-12-45(13-11-27)24-55(25-45)39-31-22-56(35-8-9-37(58)51-41(35)60)42(61)30(31)5-6-33(39)47/h4-7,18-20,26-27,35H,8-17,21-25H2,1-3H3,(H,48,59)(H,49,50,52)(H,51,58,60). The number of piperidine rings is 1. The normalized spacial score (nSPS) is 20.3. The van der Waals surface area contributed by atoms with Gasteiger partial charge in [0.25, 0.3) is 17.4 Å². The lowest BCUT2D eigenvalue weighted by Gasteiger charge is -2.55. The third-order valence-electron chi connectivity index (χ3n) is 13.5. The van der Waals surface area contributed by atoms with Gasteiger partial charge in [-0.3, -0.25) is 34.2 Å². The zero-order valence-electron chi connectivity index (χ0n) is 35.7. The van der Waals surface area contributed by atoms with Gasteiger partial charge in [0.2, 0.25) is 17.8 Å². The first-order valence-electron chi connectivity index (χ1n) is 21.8. The first-order chi connectivity index (χ1) is 30.3. The van der Waals surface area contributed by atoms with Crippen LogP contribution in [-0.4, -0.2) is 113 Å². The smallest absolute Gasteiger partial charge is 0.293 e. The van der Waals surface area contributed by atoms with Crippen molar-refractivity contribution in [3.8, 4) is 5.75 Å². The molecule has 16 nitrogen and oxygen atoms in total. The molecule has 18 heteroatoms. The van der Waals surface area contributed by atoms with Crippen LogP contribution in [0.25, 0.3) is 10.9 Å². The number of piperazine rings is 1. The van der Waals surface area contributed by atoms with Crippen LogP contribution in [0.5, 0.6) is 5.75 Å². The van der Waals surface area contributed by atoms with Crippen molar-refractivity contribution in [2.75, 3.05) is 74.6 Å². The Kier molecular flexibility index (Phi) is 11.5. The summed E-state index contributed by atoms with van der Waals surface area (Å²) in [5, 5.41) is 9.29. The minimum atomic E-state index is -0.737. The van der Waals surface area contributed by atoms with E-state index in [1.54, 1.807) is 16.8 Å². The molecule has 5 aliphatic rings. The maximum Gasteiger partial charge on any atom is 0.293 e. The fourth-order valence-electron chi connectivity index (χ4n) is 10.1. The minimum Gasteiger partial charge on any atom is -0.478 e. The fraction of sp³-hybridized carbons (Fsp3) is 0.489. The molecule has 6 heterocycles. The molecule has 4 fully saturated rings. The number of carbonyl (C=O) groups excluding carboxylic acids is 4. The molecule has 4 amide bonds. The van der Waals surface area contributed by atoms with Gasteiger partial charge >= 0.3 is 0 Å². The summed E-state index contributed by atoms with van der Waals surface area (Å²) in [5.74, 6) is -0.0747. The maximum absolute atomic E-state index is 15.5. The molecule has 63 heavy (non-hydrogen) atoms. The number of carbonyl (C=O) groups is 4. The average molecular weight is 883 g/mol. The van der Waals surface area contributed by atoms with Gasteiger partial charge in [0.15, 0.2) is 18.2 Å². The molecule has 332 valence electrons. The molecule has 1 spiro atoms. The van der Waals surface area contributed by atoms with Crippen molar-refractivity contribution < 1.29 is 28.3 Å². The van der Waals surface area contributed by atoms with Crippen LogP contribution in [-0.2, 0) is 20.9 Å². The number of hydrogen-bond donors (Lipinski definition) is 3. The molecule has 4 aliphatic heterocycles. The van der Waals surface area contributed by atoms with Crippen LogP contribution in [0.15, 0.2) is 47.4 Å². The first kappa shape index (κ1) is 42.5. The molecule has 3 saturated heterocycles.